The molecule has 0 bridgehead atoms. The normalized spacial score (nSPS) is 17.0. The van der Waals surface area contributed by atoms with Crippen molar-refractivity contribution in [1.82, 2.24) is 19.6 Å². The zero-order chi connectivity index (χ0) is 19.4. The Balaban J connectivity index is 0.000000253. The van der Waals surface area contributed by atoms with Crippen molar-refractivity contribution in [2.24, 2.45) is 0 Å². The number of alkyl halides is 2. The summed E-state index contributed by atoms with van der Waals surface area (Å²) in [5, 5.41) is 12.7. The molecule has 1 fully saturated rings. The number of hydrogen-bond donors (Lipinski definition) is 2. The highest BCUT2D eigenvalue weighted by Gasteiger charge is 2.15. The second-order valence-electron chi connectivity index (χ2n) is 5.94. The Bertz CT molecular complexity index is 895. The molecule has 4 rings (SSSR count). The zero-order valence-corrected chi connectivity index (χ0v) is 14.2. The molecule has 4 heterocycles. The first-order valence-electron chi connectivity index (χ1n) is 8.25. The van der Waals surface area contributed by atoms with Gasteiger partial charge in [-0.15, -0.1) is 5.10 Å². The molecular weight excluding hydrogens is 363 g/mol. The number of fused-ring (bicyclic) bond motifs is 1. The maximum atomic E-state index is 13.7. The van der Waals surface area contributed by atoms with Crippen molar-refractivity contribution in [3.05, 3.63) is 42.0 Å². The molecule has 1 aliphatic rings. The highest BCUT2D eigenvalue weighted by molar-refractivity contribution is 5.64. The number of anilines is 1. The van der Waals surface area contributed by atoms with Gasteiger partial charge < -0.3 is 15.6 Å². The minimum atomic E-state index is -2.60. The predicted molar refractivity (Wildman–Crippen MR) is 91.6 cm³/mol. The van der Waals surface area contributed by atoms with Crippen LogP contribution in [-0.2, 0) is 4.74 Å². The van der Waals surface area contributed by atoms with Crippen molar-refractivity contribution in [1.29, 1.82) is 0 Å². The molecule has 10 heteroatoms. The summed E-state index contributed by atoms with van der Waals surface area (Å²) in [6.07, 6.45) is 1.43. The molecule has 1 aliphatic heterocycles. The molecule has 0 amide bonds. The van der Waals surface area contributed by atoms with Crippen LogP contribution in [-0.4, -0.2) is 44.0 Å². The minimum absolute atomic E-state index is 0.0291. The second kappa shape index (κ2) is 8.31. The molecule has 0 saturated carbocycles. The molecule has 3 aromatic rings. The van der Waals surface area contributed by atoms with Crippen molar-refractivity contribution in [3.63, 3.8) is 0 Å². The molecule has 3 aromatic heterocycles. The molecule has 0 spiro atoms. The average molecular weight is 381 g/mol. The Kier molecular flexibility index (Phi) is 5.87. The van der Waals surface area contributed by atoms with Gasteiger partial charge in [0, 0.05) is 24.4 Å². The maximum absolute atomic E-state index is 13.7. The molecule has 0 radical (unpaired) electrons. The number of aromatic nitrogens is 4. The van der Waals surface area contributed by atoms with E-state index < -0.39 is 12.2 Å². The topological polar surface area (TPSA) is 98.6 Å². The van der Waals surface area contributed by atoms with Gasteiger partial charge in [-0.3, -0.25) is 4.98 Å². The van der Waals surface area contributed by atoms with Gasteiger partial charge in [0.25, 0.3) is 6.43 Å². The number of aliphatic hydroxyl groups excluding tert-OH is 1. The molecule has 3 N–H and O–H groups in total. The fraction of sp³-hybridized carbons (Fsp3) is 0.353. The Labute approximate surface area is 152 Å². The van der Waals surface area contributed by atoms with Gasteiger partial charge >= 0.3 is 0 Å². The highest BCUT2D eigenvalue weighted by atomic mass is 19.3. The lowest BCUT2D eigenvalue weighted by molar-refractivity contribution is -0.00535. The van der Waals surface area contributed by atoms with Gasteiger partial charge in [-0.25, -0.2) is 22.7 Å². The average Bonchev–Trinajstić information content (AvgIpc) is 2.99. The number of halogens is 3. The number of pyridine rings is 1. The number of nitrogen functional groups attached to an aromatic ring is 1. The summed E-state index contributed by atoms with van der Waals surface area (Å²) >= 11 is 0. The van der Waals surface area contributed by atoms with E-state index >= 15 is 0 Å². The summed E-state index contributed by atoms with van der Waals surface area (Å²) in [6, 6.07) is 3.81. The van der Waals surface area contributed by atoms with Gasteiger partial charge in [0.15, 0.2) is 5.82 Å². The number of ether oxygens (including phenoxy) is 1. The summed E-state index contributed by atoms with van der Waals surface area (Å²) in [7, 11) is 0. The van der Waals surface area contributed by atoms with Crippen LogP contribution in [0, 0.1) is 5.82 Å². The van der Waals surface area contributed by atoms with Crippen LogP contribution in [0.4, 0.5) is 19.1 Å². The van der Waals surface area contributed by atoms with E-state index in [4.69, 9.17) is 15.6 Å². The van der Waals surface area contributed by atoms with E-state index in [0.717, 1.165) is 25.6 Å². The monoisotopic (exact) mass is 381 g/mol. The first-order valence-corrected chi connectivity index (χ1v) is 8.25. The second-order valence-corrected chi connectivity index (χ2v) is 5.94. The van der Waals surface area contributed by atoms with Crippen LogP contribution in [0.15, 0.2) is 30.6 Å². The fourth-order valence-corrected chi connectivity index (χ4v) is 2.56. The molecule has 7 nitrogen and oxygen atoms in total. The van der Waals surface area contributed by atoms with Gasteiger partial charge in [-0.05, 0) is 25.0 Å². The third-order valence-corrected chi connectivity index (χ3v) is 3.92. The summed E-state index contributed by atoms with van der Waals surface area (Å²) in [6.45, 7) is 1.37. The van der Waals surface area contributed by atoms with Gasteiger partial charge in [0.1, 0.15) is 5.52 Å². The molecule has 144 valence electrons. The van der Waals surface area contributed by atoms with Crippen LogP contribution in [0.2, 0.25) is 0 Å². The largest absolute Gasteiger partial charge is 0.391 e. The smallest absolute Gasteiger partial charge is 0.265 e. The van der Waals surface area contributed by atoms with Crippen molar-refractivity contribution in [2.75, 3.05) is 18.9 Å². The predicted octanol–water partition coefficient (Wildman–Crippen LogP) is 2.61. The lowest BCUT2D eigenvalue weighted by Gasteiger charge is -2.15. The number of rotatable bonds is 2. The molecule has 0 aromatic carbocycles. The van der Waals surface area contributed by atoms with E-state index in [9.17, 15) is 13.2 Å². The van der Waals surface area contributed by atoms with Crippen LogP contribution < -0.4 is 5.73 Å². The third-order valence-electron chi connectivity index (χ3n) is 3.92. The van der Waals surface area contributed by atoms with Gasteiger partial charge in [-0.2, -0.15) is 0 Å². The zero-order valence-electron chi connectivity index (χ0n) is 14.2. The van der Waals surface area contributed by atoms with E-state index in [-0.39, 0.29) is 23.1 Å². The van der Waals surface area contributed by atoms with Crippen molar-refractivity contribution in [3.8, 4) is 11.4 Å². The van der Waals surface area contributed by atoms with Gasteiger partial charge in [0.05, 0.1) is 30.3 Å². The van der Waals surface area contributed by atoms with Crippen molar-refractivity contribution in [2.45, 2.75) is 25.4 Å². The van der Waals surface area contributed by atoms with E-state index in [2.05, 4.69) is 15.1 Å². The molecular formula is C17H18F3N5O2. The molecule has 0 aliphatic carbocycles. The van der Waals surface area contributed by atoms with Gasteiger partial charge in [-0.1, -0.05) is 0 Å². The first kappa shape index (κ1) is 19.1. The quantitative estimate of drug-likeness (QED) is 0.708. The van der Waals surface area contributed by atoms with Crippen LogP contribution in [0.1, 0.15) is 24.8 Å². The SMILES string of the molecule is Nc1ncc2c(F)cc(-c3ccc(C(F)F)cn3)n2n1.OC1CCCOC1. The Hall–Kier alpha value is -2.72. The van der Waals surface area contributed by atoms with E-state index in [1.807, 2.05) is 0 Å². The number of hydrogen-bond acceptors (Lipinski definition) is 6. The van der Waals surface area contributed by atoms with Crippen molar-refractivity contribution < 1.29 is 23.0 Å². The Morgan fingerprint density at radius 1 is 1.26 bits per heavy atom. The van der Waals surface area contributed by atoms with E-state index in [1.54, 1.807) is 0 Å². The number of nitrogens with zero attached hydrogens (tertiary/aromatic N) is 4. The molecule has 1 saturated heterocycles. The maximum Gasteiger partial charge on any atom is 0.265 e. The summed E-state index contributed by atoms with van der Waals surface area (Å²) in [5.74, 6) is -0.571. The molecule has 1 atom stereocenters. The van der Waals surface area contributed by atoms with Crippen LogP contribution in [0.5, 0.6) is 0 Å². The first-order chi connectivity index (χ1) is 13.0. The lowest BCUT2D eigenvalue weighted by Crippen LogP contribution is -2.21. The summed E-state index contributed by atoms with van der Waals surface area (Å²) in [5.41, 5.74) is 6.01. The third kappa shape index (κ3) is 4.52. The van der Waals surface area contributed by atoms with Crippen molar-refractivity contribution >= 4 is 11.5 Å². The van der Waals surface area contributed by atoms with E-state index in [0.29, 0.717) is 18.0 Å². The lowest BCUT2D eigenvalue weighted by atomic mass is 10.2. The standard InChI is InChI=1S/C12H8F3N5.C5H10O2/c13-7-3-9(20-10(7)5-18-12(16)19-20)8-2-1-6(4-17-8)11(14)15;6-5-2-1-3-7-4-5/h1-5,11H,(H2,16,19);5-6H,1-4H2. The Morgan fingerprint density at radius 3 is 2.63 bits per heavy atom. The Morgan fingerprint density at radius 2 is 2.07 bits per heavy atom. The summed E-state index contributed by atoms with van der Waals surface area (Å²) < 4.78 is 44.8. The van der Waals surface area contributed by atoms with Gasteiger partial charge in [0.2, 0.25) is 5.95 Å². The fourth-order valence-electron chi connectivity index (χ4n) is 2.56. The molecule has 27 heavy (non-hydrogen) atoms. The number of nitrogens with two attached hydrogens (primary N) is 1. The minimum Gasteiger partial charge on any atom is -0.391 e. The summed E-state index contributed by atoms with van der Waals surface area (Å²) in [4.78, 5) is 7.59. The number of aliphatic hydroxyl groups is 1. The van der Waals surface area contributed by atoms with Crippen LogP contribution in [0.3, 0.4) is 0 Å². The van der Waals surface area contributed by atoms with Crippen LogP contribution in [0.25, 0.3) is 16.9 Å². The highest BCUT2D eigenvalue weighted by Crippen LogP contribution is 2.25. The van der Waals surface area contributed by atoms with Crippen LogP contribution >= 0.6 is 0 Å². The van der Waals surface area contributed by atoms with E-state index in [1.165, 1.54) is 28.9 Å². The molecule has 1 unspecified atom stereocenters.